The Morgan fingerprint density at radius 1 is 0.706 bits per heavy atom. The normalized spacial score (nSPS) is 9.88. The first kappa shape index (κ1) is 22.7. The van der Waals surface area contributed by atoms with E-state index in [0.717, 1.165) is 25.9 Å². The molecule has 0 heterocycles. The summed E-state index contributed by atoms with van der Waals surface area (Å²) in [6.07, 6.45) is 4.54. The molecule has 0 aliphatic heterocycles. The van der Waals surface area contributed by atoms with Crippen LogP contribution in [0.4, 0.5) is 0 Å². The molecule has 0 rings (SSSR count). The Hall–Kier alpha value is 0.543. The van der Waals surface area contributed by atoms with Gasteiger partial charge in [-0.1, -0.05) is 13.8 Å². The van der Waals surface area contributed by atoms with E-state index in [1.54, 1.807) is 0 Å². The molecule has 17 heavy (non-hydrogen) atoms. The van der Waals surface area contributed by atoms with E-state index in [4.69, 9.17) is 0 Å². The van der Waals surface area contributed by atoms with E-state index in [2.05, 4.69) is 51.6 Å². The minimum absolute atomic E-state index is 0. The third-order valence-electron chi connectivity index (χ3n) is 2.29. The topological polar surface area (TPSA) is 6.48 Å². The average Bonchev–Trinajstić information content (AvgIpc) is 2.20. The molecule has 0 N–H and O–H groups in total. The summed E-state index contributed by atoms with van der Waals surface area (Å²) in [6, 6.07) is 0. The zero-order valence-electron chi connectivity index (χ0n) is 12.7. The van der Waals surface area contributed by atoms with Crippen molar-refractivity contribution in [2.45, 2.75) is 39.5 Å². The fourth-order valence-electron chi connectivity index (χ4n) is 1.53. The van der Waals surface area contributed by atoms with Crippen LogP contribution in [0.25, 0.3) is 0 Å². The Bertz CT molecular complexity index is 94.8. The first-order valence-corrected chi connectivity index (χ1v) is 6.57. The summed E-state index contributed by atoms with van der Waals surface area (Å²) >= 11 is 0. The quantitative estimate of drug-likeness (QED) is 0.501. The summed E-state index contributed by atoms with van der Waals surface area (Å²) in [5.41, 5.74) is 0. The van der Waals surface area contributed by atoms with Gasteiger partial charge in [-0.15, -0.1) is 0 Å². The van der Waals surface area contributed by atoms with Crippen LogP contribution in [0.1, 0.15) is 39.5 Å². The van der Waals surface area contributed by atoms with Crippen molar-refractivity contribution >= 4 is 0 Å². The maximum absolute atomic E-state index is 3.77. The number of hydrogen-bond acceptors (Lipinski definition) is 2. The van der Waals surface area contributed by atoms with Crippen LogP contribution in [0.15, 0.2) is 0 Å². The molecule has 0 spiro atoms. The first-order valence-electron chi connectivity index (χ1n) is 6.57. The smallest absolute Gasteiger partial charge is 0.342 e. The van der Waals surface area contributed by atoms with E-state index >= 15 is 0 Å². The van der Waals surface area contributed by atoms with E-state index in [1.807, 2.05) is 0 Å². The van der Waals surface area contributed by atoms with Crippen molar-refractivity contribution < 1.29 is 19.5 Å². The van der Waals surface area contributed by atoms with Crippen molar-refractivity contribution in [1.29, 1.82) is 0 Å². The number of rotatable bonds is 8. The molecular weight excluding hydrogens is 262 g/mol. The molecule has 3 heteroatoms. The van der Waals surface area contributed by atoms with E-state index in [0.29, 0.717) is 0 Å². The summed E-state index contributed by atoms with van der Waals surface area (Å²) in [7, 11) is 4.27. The van der Waals surface area contributed by atoms with Crippen LogP contribution in [0.2, 0.25) is 0 Å². The molecule has 0 amide bonds. The Kier molecular flexibility index (Phi) is 25.2. The van der Waals surface area contributed by atoms with Crippen LogP contribution in [0.3, 0.4) is 0 Å². The predicted octanol–water partition coefficient (Wildman–Crippen LogP) is 3.10. The Morgan fingerprint density at radius 2 is 1.00 bits per heavy atom. The van der Waals surface area contributed by atoms with Crippen molar-refractivity contribution in [1.82, 2.24) is 9.80 Å². The molecule has 0 aliphatic carbocycles. The number of hydrogen-bond donors (Lipinski definition) is 0. The molecular formula is C14H32N2Zn. The second-order valence-corrected chi connectivity index (χ2v) is 4.31. The van der Waals surface area contributed by atoms with Crippen molar-refractivity contribution in [3.05, 3.63) is 13.8 Å². The molecule has 100 valence electrons. The van der Waals surface area contributed by atoms with Crippen LogP contribution in [-0.4, -0.2) is 50.1 Å². The van der Waals surface area contributed by atoms with Crippen LogP contribution >= 0.6 is 0 Å². The van der Waals surface area contributed by atoms with Gasteiger partial charge in [-0.05, 0) is 53.1 Å². The van der Waals surface area contributed by atoms with Gasteiger partial charge in [-0.3, -0.25) is 0 Å². The fourth-order valence-corrected chi connectivity index (χ4v) is 1.53. The van der Waals surface area contributed by atoms with Gasteiger partial charge in [0.2, 0.25) is 0 Å². The third-order valence-corrected chi connectivity index (χ3v) is 2.29. The van der Waals surface area contributed by atoms with Crippen molar-refractivity contribution in [2.75, 3.05) is 40.3 Å². The largest absolute Gasteiger partial charge is 2.00 e. The first-order chi connectivity index (χ1) is 7.62. The van der Waals surface area contributed by atoms with Crippen LogP contribution < -0.4 is 0 Å². The molecule has 0 unspecified atom stereocenters. The van der Waals surface area contributed by atoms with Gasteiger partial charge in [-0.2, -0.15) is 12.8 Å². The fraction of sp³-hybridized carbons (Fsp3) is 0.857. The molecule has 0 fully saturated rings. The third kappa shape index (κ3) is 22.2. The summed E-state index contributed by atoms with van der Waals surface area (Å²) in [5, 5.41) is 0. The van der Waals surface area contributed by atoms with E-state index in [1.165, 1.54) is 25.9 Å². The van der Waals surface area contributed by atoms with Crippen LogP contribution in [-0.2, 0) is 19.5 Å². The molecule has 0 atom stereocenters. The number of nitrogens with zero attached hydrogens (tertiary/aromatic N) is 2. The molecule has 0 radical (unpaired) electrons. The Labute approximate surface area is 123 Å². The molecule has 0 bridgehead atoms. The maximum Gasteiger partial charge on any atom is 2.00 e. The molecule has 0 aromatic rings. The second-order valence-electron chi connectivity index (χ2n) is 4.31. The molecule has 0 saturated carbocycles. The van der Waals surface area contributed by atoms with Gasteiger partial charge >= 0.3 is 19.5 Å². The van der Waals surface area contributed by atoms with Crippen LogP contribution in [0, 0.1) is 13.8 Å². The summed E-state index contributed by atoms with van der Waals surface area (Å²) in [6.45, 7) is 16.6. The minimum atomic E-state index is 0. The molecule has 0 aromatic heterocycles. The second kappa shape index (κ2) is 18.9. The summed E-state index contributed by atoms with van der Waals surface area (Å²) < 4.78 is 0. The Morgan fingerprint density at radius 3 is 1.18 bits per heavy atom. The summed E-state index contributed by atoms with van der Waals surface area (Å²) in [4.78, 5) is 4.60. The van der Waals surface area contributed by atoms with E-state index < -0.39 is 0 Å². The monoisotopic (exact) mass is 292 g/mol. The van der Waals surface area contributed by atoms with Gasteiger partial charge in [0, 0.05) is 0 Å². The zero-order valence-corrected chi connectivity index (χ0v) is 15.6. The van der Waals surface area contributed by atoms with Gasteiger partial charge in [0.15, 0.2) is 0 Å². The summed E-state index contributed by atoms with van der Waals surface area (Å²) in [5.74, 6) is 0. The standard InChI is InChI=1S/2C7H16N.Zn/c2*1-4-6-8(3)7-5-2;/h2*1,4-7H2,2-3H3;/q2*-1;+2. The molecule has 0 aliphatic rings. The van der Waals surface area contributed by atoms with Gasteiger partial charge in [0.05, 0.1) is 0 Å². The van der Waals surface area contributed by atoms with Crippen molar-refractivity contribution in [3.8, 4) is 0 Å². The average molecular weight is 294 g/mol. The van der Waals surface area contributed by atoms with Gasteiger partial charge < -0.3 is 23.6 Å². The minimum Gasteiger partial charge on any atom is -0.342 e. The zero-order chi connectivity index (χ0) is 12.8. The van der Waals surface area contributed by atoms with Gasteiger partial charge in [-0.25, -0.2) is 0 Å². The molecule has 0 aromatic carbocycles. The Balaban J connectivity index is -0.000000218. The van der Waals surface area contributed by atoms with Gasteiger partial charge in [0.1, 0.15) is 0 Å². The SMILES string of the molecule is [CH2-]CCN(C)CCC.[CH2-]CCN(C)CCC.[Zn+2]. The van der Waals surface area contributed by atoms with E-state index in [9.17, 15) is 0 Å². The van der Waals surface area contributed by atoms with Crippen molar-refractivity contribution in [2.24, 2.45) is 0 Å². The molecule has 2 nitrogen and oxygen atoms in total. The van der Waals surface area contributed by atoms with Crippen molar-refractivity contribution in [3.63, 3.8) is 0 Å². The van der Waals surface area contributed by atoms with Gasteiger partial charge in [0.25, 0.3) is 0 Å². The van der Waals surface area contributed by atoms with E-state index in [-0.39, 0.29) is 19.5 Å². The predicted molar refractivity (Wildman–Crippen MR) is 75.5 cm³/mol. The maximum atomic E-state index is 3.77. The van der Waals surface area contributed by atoms with Crippen LogP contribution in [0.5, 0.6) is 0 Å². The molecule has 0 saturated heterocycles.